The lowest BCUT2D eigenvalue weighted by molar-refractivity contribution is -0.141. The zero-order valence-corrected chi connectivity index (χ0v) is 14.2. The molecular formula is C18H25N3O4. The summed E-state index contributed by atoms with van der Waals surface area (Å²) in [5.41, 5.74) is 5.74. The Morgan fingerprint density at radius 1 is 1.24 bits per heavy atom. The van der Waals surface area contributed by atoms with Gasteiger partial charge >= 0.3 is 5.97 Å². The van der Waals surface area contributed by atoms with Crippen molar-refractivity contribution in [2.45, 2.75) is 25.7 Å². The first-order chi connectivity index (χ1) is 12.0. The van der Waals surface area contributed by atoms with E-state index >= 15 is 0 Å². The van der Waals surface area contributed by atoms with Gasteiger partial charge in [0.2, 0.25) is 5.91 Å². The first kappa shape index (κ1) is 18.9. The third kappa shape index (κ3) is 5.86. The number of carboxylic acid groups (broad SMARTS) is 1. The second kappa shape index (κ2) is 9.17. The van der Waals surface area contributed by atoms with Crippen molar-refractivity contribution in [2.24, 2.45) is 17.6 Å². The van der Waals surface area contributed by atoms with Crippen LogP contribution in [-0.2, 0) is 4.79 Å². The maximum Gasteiger partial charge on any atom is 0.308 e. The molecule has 25 heavy (non-hydrogen) atoms. The Kier molecular flexibility index (Phi) is 6.94. The normalized spacial score (nSPS) is 16.2. The second-order valence-corrected chi connectivity index (χ2v) is 6.46. The summed E-state index contributed by atoms with van der Waals surface area (Å²) >= 11 is 0. The van der Waals surface area contributed by atoms with Gasteiger partial charge in [0.05, 0.1) is 5.92 Å². The molecule has 1 aromatic rings. The molecule has 1 atom stereocenters. The number of carbonyl (C=O) groups is 3. The smallest absolute Gasteiger partial charge is 0.308 e. The number of nitrogens with one attached hydrogen (secondary N) is 2. The minimum Gasteiger partial charge on any atom is -0.481 e. The zero-order valence-electron chi connectivity index (χ0n) is 14.2. The molecule has 1 unspecified atom stereocenters. The summed E-state index contributed by atoms with van der Waals surface area (Å²) in [4.78, 5) is 34.8. The molecule has 1 heterocycles. The number of amides is 2. The van der Waals surface area contributed by atoms with Crippen molar-refractivity contribution in [2.75, 3.05) is 19.6 Å². The summed E-state index contributed by atoms with van der Waals surface area (Å²) in [6.07, 6.45) is 3.53. The number of nitrogens with two attached hydrogens (primary N) is 1. The molecule has 136 valence electrons. The van der Waals surface area contributed by atoms with Gasteiger partial charge in [0.25, 0.3) is 5.91 Å². The van der Waals surface area contributed by atoms with Crippen molar-refractivity contribution in [3.63, 3.8) is 0 Å². The van der Waals surface area contributed by atoms with Gasteiger partial charge in [0, 0.05) is 17.7 Å². The number of piperidine rings is 1. The summed E-state index contributed by atoms with van der Waals surface area (Å²) in [7, 11) is 0. The van der Waals surface area contributed by atoms with Gasteiger partial charge in [-0.1, -0.05) is 6.07 Å². The van der Waals surface area contributed by atoms with Crippen molar-refractivity contribution in [3.8, 4) is 0 Å². The summed E-state index contributed by atoms with van der Waals surface area (Å²) in [6, 6.07) is 6.06. The van der Waals surface area contributed by atoms with Crippen LogP contribution in [0.2, 0.25) is 0 Å². The van der Waals surface area contributed by atoms with E-state index in [0.717, 1.165) is 32.4 Å². The van der Waals surface area contributed by atoms with E-state index in [1.54, 1.807) is 12.1 Å². The number of hydrogen-bond acceptors (Lipinski definition) is 4. The van der Waals surface area contributed by atoms with Crippen LogP contribution in [0.3, 0.4) is 0 Å². The topological polar surface area (TPSA) is 122 Å². The monoisotopic (exact) mass is 347 g/mol. The zero-order chi connectivity index (χ0) is 18.2. The van der Waals surface area contributed by atoms with E-state index in [2.05, 4.69) is 10.6 Å². The summed E-state index contributed by atoms with van der Waals surface area (Å²) < 4.78 is 0. The van der Waals surface area contributed by atoms with E-state index in [4.69, 9.17) is 5.73 Å². The average Bonchev–Trinajstić information content (AvgIpc) is 2.62. The van der Waals surface area contributed by atoms with Crippen molar-refractivity contribution in [1.29, 1.82) is 0 Å². The number of hydrogen-bond donors (Lipinski definition) is 4. The number of benzene rings is 1. The number of rotatable bonds is 8. The third-order valence-electron chi connectivity index (χ3n) is 4.65. The minimum absolute atomic E-state index is 0.0694. The number of carboxylic acids is 1. The molecule has 0 aliphatic carbocycles. The van der Waals surface area contributed by atoms with Crippen molar-refractivity contribution in [3.05, 3.63) is 35.4 Å². The Morgan fingerprint density at radius 3 is 2.56 bits per heavy atom. The lowest BCUT2D eigenvalue weighted by Crippen LogP contribution is -2.34. The van der Waals surface area contributed by atoms with Crippen LogP contribution in [0, 0.1) is 11.8 Å². The van der Waals surface area contributed by atoms with E-state index in [0.29, 0.717) is 17.9 Å². The van der Waals surface area contributed by atoms with Gasteiger partial charge in [0.15, 0.2) is 0 Å². The summed E-state index contributed by atoms with van der Waals surface area (Å²) in [5, 5.41) is 15.3. The maximum absolute atomic E-state index is 12.2. The summed E-state index contributed by atoms with van der Waals surface area (Å²) in [6.45, 7) is 2.03. The molecule has 1 aliphatic heterocycles. The molecule has 1 aliphatic rings. The van der Waals surface area contributed by atoms with Crippen LogP contribution < -0.4 is 16.4 Å². The molecule has 5 N–H and O–H groups in total. The second-order valence-electron chi connectivity index (χ2n) is 6.46. The molecule has 1 aromatic carbocycles. The lowest BCUT2D eigenvalue weighted by atomic mass is 9.89. The lowest BCUT2D eigenvalue weighted by Gasteiger charge is -2.23. The minimum atomic E-state index is -0.903. The molecule has 2 rings (SSSR count). The molecule has 0 radical (unpaired) electrons. The first-order valence-electron chi connectivity index (χ1n) is 8.59. The molecule has 1 fully saturated rings. The molecular weight excluding hydrogens is 322 g/mol. The van der Waals surface area contributed by atoms with E-state index in [1.165, 1.54) is 12.1 Å². The van der Waals surface area contributed by atoms with Crippen LogP contribution in [0.4, 0.5) is 0 Å². The molecule has 0 saturated carbocycles. The third-order valence-corrected chi connectivity index (χ3v) is 4.65. The fourth-order valence-electron chi connectivity index (χ4n) is 3.05. The highest BCUT2D eigenvalue weighted by Crippen LogP contribution is 2.21. The van der Waals surface area contributed by atoms with Crippen LogP contribution >= 0.6 is 0 Å². The molecule has 7 heteroatoms. The van der Waals surface area contributed by atoms with E-state index < -0.39 is 23.7 Å². The Balaban J connectivity index is 1.87. The van der Waals surface area contributed by atoms with E-state index in [9.17, 15) is 19.5 Å². The predicted molar refractivity (Wildman–Crippen MR) is 93.2 cm³/mol. The van der Waals surface area contributed by atoms with E-state index in [-0.39, 0.29) is 12.1 Å². The van der Waals surface area contributed by atoms with E-state index in [1.807, 2.05) is 0 Å². The van der Waals surface area contributed by atoms with Gasteiger partial charge in [-0.15, -0.1) is 0 Å². The molecule has 0 bridgehead atoms. The highest BCUT2D eigenvalue weighted by atomic mass is 16.4. The Labute approximate surface area is 147 Å². The number of primary amides is 1. The molecule has 1 saturated heterocycles. The van der Waals surface area contributed by atoms with Gasteiger partial charge in [-0.25, -0.2) is 0 Å². The predicted octanol–water partition coefficient (Wildman–Crippen LogP) is 0.996. The maximum atomic E-state index is 12.2. The van der Waals surface area contributed by atoms with Crippen LogP contribution in [0.5, 0.6) is 0 Å². The van der Waals surface area contributed by atoms with Gasteiger partial charge < -0.3 is 21.5 Å². The molecule has 2 amide bonds. The Bertz CT molecular complexity index is 627. The number of carbonyl (C=O) groups excluding carboxylic acids is 2. The average molecular weight is 347 g/mol. The Morgan fingerprint density at radius 2 is 1.92 bits per heavy atom. The highest BCUT2D eigenvalue weighted by Gasteiger charge is 2.22. The van der Waals surface area contributed by atoms with Crippen LogP contribution in [0.25, 0.3) is 0 Å². The largest absolute Gasteiger partial charge is 0.481 e. The number of aliphatic carboxylic acids is 1. The molecule has 0 aromatic heterocycles. The van der Waals surface area contributed by atoms with Crippen molar-refractivity contribution < 1.29 is 19.5 Å². The first-order valence-corrected chi connectivity index (χ1v) is 8.59. The SMILES string of the molecule is NC(=O)c1cccc(C(=O)NCC(CCC2CCNCC2)C(=O)O)c1. The summed E-state index contributed by atoms with van der Waals surface area (Å²) in [5.74, 6) is -1.99. The standard InChI is InChI=1S/C18H25N3O4/c19-16(22)13-2-1-3-14(10-13)17(23)21-11-15(18(24)25)5-4-12-6-8-20-9-7-12/h1-3,10,12,15,20H,4-9,11H2,(H2,19,22)(H,21,23)(H,24,25). The van der Waals surface area contributed by atoms with Gasteiger partial charge in [-0.3, -0.25) is 14.4 Å². The van der Waals surface area contributed by atoms with Crippen molar-refractivity contribution in [1.82, 2.24) is 10.6 Å². The van der Waals surface area contributed by atoms with Crippen LogP contribution in [-0.4, -0.2) is 42.5 Å². The molecule has 0 spiro atoms. The highest BCUT2D eigenvalue weighted by molar-refractivity contribution is 5.99. The fourth-order valence-corrected chi connectivity index (χ4v) is 3.05. The van der Waals surface area contributed by atoms with Gasteiger partial charge in [-0.05, 0) is 62.9 Å². The van der Waals surface area contributed by atoms with Gasteiger partial charge in [0.1, 0.15) is 0 Å². The molecule has 7 nitrogen and oxygen atoms in total. The quantitative estimate of drug-likeness (QED) is 0.559. The van der Waals surface area contributed by atoms with Crippen LogP contribution in [0.15, 0.2) is 24.3 Å². The van der Waals surface area contributed by atoms with Gasteiger partial charge in [-0.2, -0.15) is 0 Å². The van der Waals surface area contributed by atoms with Crippen LogP contribution in [0.1, 0.15) is 46.4 Å². The van der Waals surface area contributed by atoms with Crippen molar-refractivity contribution >= 4 is 17.8 Å². The fraction of sp³-hybridized carbons (Fsp3) is 0.500. The Hall–Kier alpha value is -2.41.